The van der Waals surface area contributed by atoms with Gasteiger partial charge in [0.15, 0.2) is 0 Å². The van der Waals surface area contributed by atoms with E-state index in [4.69, 9.17) is 4.74 Å². The molecule has 0 aliphatic carbocycles. The molecule has 1 unspecified atom stereocenters. The van der Waals surface area contributed by atoms with Crippen LogP contribution in [0.3, 0.4) is 0 Å². The number of benzene rings is 1. The third kappa shape index (κ3) is 6.06. The maximum Gasteiger partial charge on any atom is 0.127 e. The highest BCUT2D eigenvalue weighted by molar-refractivity contribution is 5.29. The quantitative estimate of drug-likeness (QED) is 0.726. The molecule has 0 saturated carbocycles. The summed E-state index contributed by atoms with van der Waals surface area (Å²) >= 11 is 0. The van der Waals surface area contributed by atoms with Crippen LogP contribution in [0.15, 0.2) is 18.2 Å². The molecule has 1 aromatic carbocycles. The fraction of sp³-hybridized carbons (Fsp3) is 0.625. The second kappa shape index (κ2) is 8.92. The molecule has 3 heteroatoms. The number of unbranched alkanes of at least 4 members (excludes halogenated alkanes) is 1. The summed E-state index contributed by atoms with van der Waals surface area (Å²) in [5.41, 5.74) is 0.916. The Kier molecular flexibility index (Phi) is 7.49. The van der Waals surface area contributed by atoms with Gasteiger partial charge in [0.2, 0.25) is 0 Å². The molecule has 0 heterocycles. The normalized spacial score (nSPS) is 12.4. The van der Waals surface area contributed by atoms with Crippen LogP contribution in [0.25, 0.3) is 0 Å². The fourth-order valence-corrected chi connectivity index (χ4v) is 2.12. The highest BCUT2D eigenvalue weighted by Crippen LogP contribution is 2.19. The molecular formula is C16H26FNO. The van der Waals surface area contributed by atoms with E-state index in [2.05, 4.69) is 19.2 Å². The first-order valence-corrected chi connectivity index (χ1v) is 7.26. The van der Waals surface area contributed by atoms with E-state index in [1.165, 1.54) is 31.4 Å². The largest absolute Gasteiger partial charge is 0.493 e. The van der Waals surface area contributed by atoms with E-state index in [-0.39, 0.29) is 5.82 Å². The van der Waals surface area contributed by atoms with Gasteiger partial charge in [-0.05, 0) is 37.1 Å². The molecule has 0 spiro atoms. The van der Waals surface area contributed by atoms with Gasteiger partial charge in [-0.15, -0.1) is 0 Å². The standard InChI is InChI=1S/C16H26FNO/c1-4-6-7-13(5-2)12-19-16-9-14(11-18-3)8-15(17)10-16/h8-10,13,18H,4-7,11-12H2,1-3H3. The van der Waals surface area contributed by atoms with Crippen molar-refractivity contribution < 1.29 is 9.13 Å². The summed E-state index contributed by atoms with van der Waals surface area (Å²) in [6, 6.07) is 4.91. The Hall–Kier alpha value is -1.09. The summed E-state index contributed by atoms with van der Waals surface area (Å²) in [5, 5.41) is 3.02. The number of hydrogen-bond acceptors (Lipinski definition) is 2. The van der Waals surface area contributed by atoms with Crippen LogP contribution in [0, 0.1) is 11.7 Å². The Morgan fingerprint density at radius 3 is 2.68 bits per heavy atom. The first-order valence-electron chi connectivity index (χ1n) is 7.26. The van der Waals surface area contributed by atoms with Crippen molar-refractivity contribution in [1.82, 2.24) is 5.32 Å². The molecule has 1 aromatic rings. The van der Waals surface area contributed by atoms with Gasteiger partial charge < -0.3 is 10.1 Å². The first kappa shape index (κ1) is 16.0. The number of ether oxygens (including phenoxy) is 1. The van der Waals surface area contributed by atoms with Gasteiger partial charge in [-0.3, -0.25) is 0 Å². The van der Waals surface area contributed by atoms with Crippen molar-refractivity contribution in [2.24, 2.45) is 5.92 Å². The molecule has 2 nitrogen and oxygen atoms in total. The minimum absolute atomic E-state index is 0.232. The van der Waals surface area contributed by atoms with Crippen LogP contribution < -0.4 is 10.1 Å². The van der Waals surface area contributed by atoms with Gasteiger partial charge >= 0.3 is 0 Å². The predicted molar refractivity (Wildman–Crippen MR) is 78.0 cm³/mol. The molecule has 108 valence electrons. The van der Waals surface area contributed by atoms with E-state index >= 15 is 0 Å². The summed E-state index contributed by atoms with van der Waals surface area (Å²) < 4.78 is 19.2. The lowest BCUT2D eigenvalue weighted by Crippen LogP contribution is -2.12. The van der Waals surface area contributed by atoms with Crippen molar-refractivity contribution in [2.45, 2.75) is 46.1 Å². The Balaban J connectivity index is 2.55. The van der Waals surface area contributed by atoms with Crippen LogP contribution in [-0.4, -0.2) is 13.7 Å². The predicted octanol–water partition coefficient (Wildman–Crippen LogP) is 4.14. The first-order chi connectivity index (χ1) is 9.19. The zero-order chi connectivity index (χ0) is 14.1. The van der Waals surface area contributed by atoms with Crippen LogP contribution in [-0.2, 0) is 6.54 Å². The van der Waals surface area contributed by atoms with Crippen molar-refractivity contribution in [3.63, 3.8) is 0 Å². The summed E-state index contributed by atoms with van der Waals surface area (Å²) in [6.45, 7) is 5.71. The molecule has 0 amide bonds. The van der Waals surface area contributed by atoms with Crippen molar-refractivity contribution in [3.8, 4) is 5.75 Å². The topological polar surface area (TPSA) is 21.3 Å². The third-order valence-electron chi connectivity index (χ3n) is 3.34. The maximum absolute atomic E-state index is 13.5. The molecule has 19 heavy (non-hydrogen) atoms. The number of hydrogen-bond donors (Lipinski definition) is 1. The second-order valence-corrected chi connectivity index (χ2v) is 5.05. The Bertz CT molecular complexity index is 368. The lowest BCUT2D eigenvalue weighted by Gasteiger charge is -2.16. The lowest BCUT2D eigenvalue weighted by molar-refractivity contribution is 0.232. The molecule has 1 rings (SSSR count). The van der Waals surface area contributed by atoms with Gasteiger partial charge in [0.1, 0.15) is 11.6 Å². The van der Waals surface area contributed by atoms with Gasteiger partial charge in [-0.25, -0.2) is 4.39 Å². The molecule has 0 aliphatic rings. The summed E-state index contributed by atoms with van der Waals surface area (Å²) in [7, 11) is 1.85. The Morgan fingerprint density at radius 2 is 2.05 bits per heavy atom. The molecule has 0 fully saturated rings. The molecule has 1 atom stereocenters. The Labute approximate surface area is 116 Å². The van der Waals surface area contributed by atoms with Crippen LogP contribution in [0.5, 0.6) is 5.75 Å². The fourth-order valence-electron chi connectivity index (χ4n) is 2.12. The molecule has 0 bridgehead atoms. The maximum atomic E-state index is 13.5. The van der Waals surface area contributed by atoms with Gasteiger partial charge in [0.25, 0.3) is 0 Å². The Morgan fingerprint density at radius 1 is 1.26 bits per heavy atom. The molecule has 0 aromatic heterocycles. The number of rotatable bonds is 9. The molecular weight excluding hydrogens is 241 g/mol. The molecule has 1 N–H and O–H groups in total. The van der Waals surface area contributed by atoms with Gasteiger partial charge in [-0.1, -0.05) is 33.1 Å². The smallest absolute Gasteiger partial charge is 0.127 e. The van der Waals surface area contributed by atoms with E-state index in [1.807, 2.05) is 13.1 Å². The van der Waals surface area contributed by atoms with Crippen LogP contribution in [0.1, 0.15) is 45.1 Å². The van der Waals surface area contributed by atoms with Crippen molar-refractivity contribution >= 4 is 0 Å². The van der Waals surface area contributed by atoms with E-state index in [1.54, 1.807) is 0 Å². The van der Waals surface area contributed by atoms with Crippen molar-refractivity contribution in [2.75, 3.05) is 13.7 Å². The zero-order valence-electron chi connectivity index (χ0n) is 12.3. The molecule has 0 saturated heterocycles. The van der Waals surface area contributed by atoms with Crippen molar-refractivity contribution in [1.29, 1.82) is 0 Å². The number of nitrogens with one attached hydrogen (secondary N) is 1. The van der Waals surface area contributed by atoms with Crippen LogP contribution in [0.2, 0.25) is 0 Å². The second-order valence-electron chi connectivity index (χ2n) is 5.05. The van der Waals surface area contributed by atoms with Gasteiger partial charge in [0, 0.05) is 12.6 Å². The minimum atomic E-state index is -0.232. The van der Waals surface area contributed by atoms with Gasteiger partial charge in [-0.2, -0.15) is 0 Å². The van der Waals surface area contributed by atoms with E-state index in [9.17, 15) is 4.39 Å². The van der Waals surface area contributed by atoms with E-state index in [0.717, 1.165) is 12.0 Å². The highest BCUT2D eigenvalue weighted by atomic mass is 19.1. The van der Waals surface area contributed by atoms with Crippen molar-refractivity contribution in [3.05, 3.63) is 29.6 Å². The molecule has 0 radical (unpaired) electrons. The average Bonchev–Trinajstić information content (AvgIpc) is 2.39. The van der Waals surface area contributed by atoms with Crippen LogP contribution in [0.4, 0.5) is 4.39 Å². The van der Waals surface area contributed by atoms with E-state index < -0.39 is 0 Å². The summed E-state index contributed by atoms with van der Waals surface area (Å²) in [5.74, 6) is 0.973. The third-order valence-corrected chi connectivity index (χ3v) is 3.34. The number of halogens is 1. The zero-order valence-corrected chi connectivity index (χ0v) is 12.3. The summed E-state index contributed by atoms with van der Waals surface area (Å²) in [4.78, 5) is 0. The van der Waals surface area contributed by atoms with Crippen LogP contribution >= 0.6 is 0 Å². The average molecular weight is 267 g/mol. The SMILES string of the molecule is CCCCC(CC)COc1cc(F)cc(CNC)c1. The van der Waals surface area contributed by atoms with Gasteiger partial charge in [0.05, 0.1) is 6.61 Å². The highest BCUT2D eigenvalue weighted by Gasteiger charge is 2.08. The lowest BCUT2D eigenvalue weighted by atomic mass is 10.0. The molecule has 0 aliphatic heterocycles. The van der Waals surface area contributed by atoms with E-state index in [0.29, 0.717) is 24.8 Å². The summed E-state index contributed by atoms with van der Waals surface area (Å²) in [6.07, 6.45) is 4.74. The monoisotopic (exact) mass is 267 g/mol. The minimum Gasteiger partial charge on any atom is -0.493 e.